The lowest BCUT2D eigenvalue weighted by Crippen LogP contribution is -2.44. The van der Waals surface area contributed by atoms with Gasteiger partial charge in [-0.05, 0) is 23.6 Å². The van der Waals surface area contributed by atoms with Gasteiger partial charge in [0.2, 0.25) is 0 Å². The molecule has 10 heteroatoms. The zero-order valence-electron chi connectivity index (χ0n) is 20.5. The number of para-hydroxylation sites is 1. The van der Waals surface area contributed by atoms with Crippen molar-refractivity contribution in [1.82, 2.24) is 14.5 Å². The first-order valence-electron chi connectivity index (χ1n) is 11.7. The Morgan fingerprint density at radius 1 is 1.03 bits per heavy atom. The molecule has 0 radical (unpaired) electrons. The summed E-state index contributed by atoms with van der Waals surface area (Å²) in [4.78, 5) is 58.9. The lowest BCUT2D eigenvalue weighted by Gasteiger charge is -2.26. The topological polar surface area (TPSA) is 140 Å². The molecule has 0 aliphatic heterocycles. The summed E-state index contributed by atoms with van der Waals surface area (Å²) in [6.45, 7) is 3.28. The molecular weight excluding hydrogens is 474 g/mol. The molecule has 0 fully saturated rings. The fourth-order valence-corrected chi connectivity index (χ4v) is 3.90. The van der Waals surface area contributed by atoms with E-state index in [-0.39, 0.29) is 36.2 Å². The second-order valence-electron chi connectivity index (χ2n) is 8.93. The maximum absolute atomic E-state index is 13.2. The van der Waals surface area contributed by atoms with Crippen LogP contribution in [0.3, 0.4) is 0 Å². The third-order valence-electron chi connectivity index (χ3n) is 5.65. The normalized spacial score (nSPS) is 11.0. The molecule has 3 N–H and O–H groups in total. The van der Waals surface area contributed by atoms with Crippen molar-refractivity contribution in [3.8, 4) is 0 Å². The summed E-state index contributed by atoms with van der Waals surface area (Å²) in [6, 6.07) is 19.6. The van der Waals surface area contributed by atoms with Crippen LogP contribution in [0.25, 0.3) is 10.9 Å². The van der Waals surface area contributed by atoms with Crippen LogP contribution in [0.15, 0.2) is 76.3 Å². The van der Waals surface area contributed by atoms with Crippen LogP contribution in [0, 0.1) is 5.92 Å². The second kappa shape index (κ2) is 10.9. The Labute approximate surface area is 212 Å². The number of amides is 1. The number of H-pyrrole nitrogens is 1. The molecule has 0 aliphatic carbocycles. The Bertz CT molecular complexity index is 1560. The lowest BCUT2D eigenvalue weighted by molar-refractivity contribution is -0.121. The van der Waals surface area contributed by atoms with Crippen molar-refractivity contribution in [2.75, 3.05) is 23.8 Å². The molecule has 2 aromatic heterocycles. The predicted molar refractivity (Wildman–Crippen MR) is 140 cm³/mol. The fourth-order valence-electron chi connectivity index (χ4n) is 3.90. The molecule has 0 spiro atoms. The Hall–Kier alpha value is -4.73. The van der Waals surface area contributed by atoms with Gasteiger partial charge in [0.05, 0.1) is 12.1 Å². The summed E-state index contributed by atoms with van der Waals surface area (Å²) < 4.78 is 6.43. The number of ether oxygens (including phenoxy) is 1. The van der Waals surface area contributed by atoms with E-state index in [0.717, 1.165) is 15.8 Å². The Morgan fingerprint density at radius 3 is 2.46 bits per heavy atom. The van der Waals surface area contributed by atoms with Crippen LogP contribution < -0.4 is 21.9 Å². The minimum Gasteiger partial charge on any atom is -0.451 e. The van der Waals surface area contributed by atoms with Crippen LogP contribution >= 0.6 is 0 Å². The Balaban J connectivity index is 1.60. The molecule has 4 rings (SSSR count). The van der Waals surface area contributed by atoms with Gasteiger partial charge in [0.15, 0.2) is 12.3 Å². The maximum Gasteiger partial charge on any atom is 0.357 e. The van der Waals surface area contributed by atoms with Gasteiger partial charge < -0.3 is 15.4 Å². The SMILES string of the molecule is CC(C)CN(C(=O)COC(=O)c1ccc2ccccc2n1)c1c(N)n(Cc2ccccc2)c(=O)[nH]c1=O. The molecule has 0 atom stereocenters. The van der Waals surface area contributed by atoms with Crippen LogP contribution in [-0.4, -0.2) is 39.6 Å². The highest BCUT2D eigenvalue weighted by molar-refractivity contribution is 5.98. The first-order chi connectivity index (χ1) is 17.7. The van der Waals surface area contributed by atoms with E-state index in [9.17, 15) is 19.2 Å². The van der Waals surface area contributed by atoms with Crippen LogP contribution in [0.1, 0.15) is 29.9 Å². The number of esters is 1. The highest BCUT2D eigenvalue weighted by Crippen LogP contribution is 2.20. The van der Waals surface area contributed by atoms with Crippen molar-refractivity contribution in [2.24, 2.45) is 5.92 Å². The van der Waals surface area contributed by atoms with E-state index in [1.165, 1.54) is 10.6 Å². The number of nitrogens with one attached hydrogen (secondary N) is 1. The molecule has 4 aromatic rings. The summed E-state index contributed by atoms with van der Waals surface area (Å²) in [7, 11) is 0. The van der Waals surface area contributed by atoms with Gasteiger partial charge in [-0.2, -0.15) is 0 Å². The molecule has 0 saturated heterocycles. The number of aromatic nitrogens is 3. The number of nitrogen functional groups attached to an aromatic ring is 1. The van der Waals surface area contributed by atoms with Crippen molar-refractivity contribution in [3.05, 3.63) is 98.8 Å². The number of benzene rings is 2. The van der Waals surface area contributed by atoms with E-state index in [1.807, 2.05) is 56.3 Å². The van der Waals surface area contributed by atoms with Crippen molar-refractivity contribution < 1.29 is 14.3 Å². The summed E-state index contributed by atoms with van der Waals surface area (Å²) in [6.07, 6.45) is 0. The van der Waals surface area contributed by atoms with Crippen LogP contribution in [0.4, 0.5) is 11.5 Å². The smallest absolute Gasteiger partial charge is 0.357 e. The quantitative estimate of drug-likeness (QED) is 0.354. The van der Waals surface area contributed by atoms with E-state index in [0.29, 0.717) is 5.52 Å². The molecular formula is C27H27N5O5. The summed E-state index contributed by atoms with van der Waals surface area (Å²) in [5, 5.41) is 0.860. The number of carbonyl (C=O) groups is 2. The number of hydrogen-bond acceptors (Lipinski definition) is 7. The van der Waals surface area contributed by atoms with Gasteiger partial charge in [-0.3, -0.25) is 19.1 Å². The van der Waals surface area contributed by atoms with Crippen molar-refractivity contribution in [1.29, 1.82) is 0 Å². The first kappa shape index (κ1) is 25.4. The minimum absolute atomic E-state index is 0.0516. The van der Waals surface area contributed by atoms with Crippen LogP contribution in [-0.2, 0) is 16.1 Å². The van der Waals surface area contributed by atoms with Gasteiger partial charge >= 0.3 is 11.7 Å². The van der Waals surface area contributed by atoms with E-state index >= 15 is 0 Å². The van der Waals surface area contributed by atoms with Gasteiger partial charge in [-0.15, -0.1) is 0 Å². The number of nitrogens with two attached hydrogens (primary N) is 1. The van der Waals surface area contributed by atoms with Gasteiger partial charge in [0.25, 0.3) is 11.5 Å². The summed E-state index contributed by atoms with van der Waals surface area (Å²) in [5.74, 6) is -1.66. The third kappa shape index (κ3) is 5.75. The zero-order chi connectivity index (χ0) is 26.5. The van der Waals surface area contributed by atoms with Crippen LogP contribution in [0.2, 0.25) is 0 Å². The maximum atomic E-state index is 13.2. The van der Waals surface area contributed by atoms with Crippen molar-refractivity contribution >= 4 is 34.3 Å². The van der Waals surface area contributed by atoms with Gasteiger partial charge in [0, 0.05) is 11.9 Å². The molecule has 0 aliphatic rings. The third-order valence-corrected chi connectivity index (χ3v) is 5.65. The summed E-state index contributed by atoms with van der Waals surface area (Å²) >= 11 is 0. The second-order valence-corrected chi connectivity index (χ2v) is 8.93. The zero-order valence-corrected chi connectivity index (χ0v) is 20.5. The molecule has 0 unspecified atom stereocenters. The average Bonchev–Trinajstić information content (AvgIpc) is 2.89. The number of hydrogen-bond donors (Lipinski definition) is 2. The largest absolute Gasteiger partial charge is 0.451 e. The van der Waals surface area contributed by atoms with Gasteiger partial charge in [-0.1, -0.05) is 68.4 Å². The molecule has 0 bridgehead atoms. The Morgan fingerprint density at radius 2 is 1.73 bits per heavy atom. The van der Waals surface area contributed by atoms with E-state index < -0.39 is 29.7 Å². The molecule has 0 saturated carbocycles. The molecule has 190 valence electrons. The first-order valence-corrected chi connectivity index (χ1v) is 11.7. The molecule has 2 aromatic carbocycles. The average molecular weight is 502 g/mol. The van der Waals surface area contributed by atoms with E-state index in [1.54, 1.807) is 18.2 Å². The molecule has 10 nitrogen and oxygen atoms in total. The standard InChI is InChI=1S/C27H27N5O5/c1-17(2)14-31(22(33)16-37-26(35)21-13-12-19-10-6-7-11-20(19)29-21)23-24(28)32(27(36)30-25(23)34)15-18-8-4-3-5-9-18/h3-13,17H,14-16,28H2,1-2H3,(H,30,34,36). The highest BCUT2D eigenvalue weighted by atomic mass is 16.5. The van der Waals surface area contributed by atoms with Gasteiger partial charge in [0.1, 0.15) is 11.5 Å². The number of rotatable bonds is 8. The number of fused-ring (bicyclic) bond motifs is 1. The fraction of sp³-hybridized carbons (Fsp3) is 0.222. The van der Waals surface area contributed by atoms with Crippen molar-refractivity contribution in [3.63, 3.8) is 0 Å². The molecule has 2 heterocycles. The van der Waals surface area contributed by atoms with Crippen LogP contribution in [0.5, 0.6) is 0 Å². The number of anilines is 2. The lowest BCUT2D eigenvalue weighted by atomic mass is 10.2. The number of aromatic amines is 1. The monoisotopic (exact) mass is 501 g/mol. The number of nitrogens with zero attached hydrogens (tertiary/aromatic N) is 3. The Kier molecular flexibility index (Phi) is 7.47. The highest BCUT2D eigenvalue weighted by Gasteiger charge is 2.26. The van der Waals surface area contributed by atoms with E-state index in [4.69, 9.17) is 10.5 Å². The minimum atomic E-state index is -0.802. The molecule has 1 amide bonds. The summed E-state index contributed by atoms with van der Waals surface area (Å²) in [5.41, 5.74) is 6.06. The van der Waals surface area contributed by atoms with E-state index in [2.05, 4.69) is 9.97 Å². The number of carbonyl (C=O) groups excluding carboxylic acids is 2. The van der Waals surface area contributed by atoms with Crippen molar-refractivity contribution in [2.45, 2.75) is 20.4 Å². The molecule has 37 heavy (non-hydrogen) atoms. The number of pyridine rings is 1. The predicted octanol–water partition coefficient (Wildman–Crippen LogP) is 2.56. The van der Waals surface area contributed by atoms with Gasteiger partial charge in [-0.25, -0.2) is 14.6 Å².